The van der Waals surface area contributed by atoms with Gasteiger partial charge in [-0.1, -0.05) is 32.0 Å². The van der Waals surface area contributed by atoms with E-state index in [1.54, 1.807) is 6.07 Å². The van der Waals surface area contributed by atoms with E-state index in [9.17, 15) is 9.59 Å². The minimum absolute atomic E-state index is 0.0866. The molecule has 2 aromatic rings. The molecule has 118 valence electrons. The summed E-state index contributed by atoms with van der Waals surface area (Å²) in [7, 11) is 0. The van der Waals surface area contributed by atoms with Crippen molar-refractivity contribution in [1.82, 2.24) is 10.1 Å². The Balaban J connectivity index is 2.31. The van der Waals surface area contributed by atoms with Crippen molar-refractivity contribution in [2.45, 2.75) is 46.1 Å². The lowest BCUT2D eigenvalue weighted by Gasteiger charge is -2.24. The van der Waals surface area contributed by atoms with E-state index in [1.807, 2.05) is 45.2 Å². The smallest absolute Gasteiger partial charge is 0.299 e. The molecule has 2 amide bonds. The maximum absolute atomic E-state index is 12.6. The van der Waals surface area contributed by atoms with E-state index in [1.165, 1.54) is 23.2 Å². The molecule has 0 radical (unpaired) electrons. The molecule has 2 rings (SSSR count). The minimum Gasteiger partial charge on any atom is -0.351 e. The lowest BCUT2D eigenvalue weighted by atomic mass is 9.92. The number of imide groups is 1. The van der Waals surface area contributed by atoms with Crippen LogP contribution < -0.4 is 0 Å². The number of aromatic nitrogens is 1. The SMILES string of the molecule is CC(=O)N(C(=O)c1cc(C(C)(C)C)no1)[C@H](C)c1cccs1. The Hall–Kier alpha value is -1.95. The van der Waals surface area contributed by atoms with Crippen LogP contribution >= 0.6 is 11.3 Å². The summed E-state index contributed by atoms with van der Waals surface area (Å²) < 4.78 is 5.16. The van der Waals surface area contributed by atoms with Crippen LogP contribution in [0.2, 0.25) is 0 Å². The van der Waals surface area contributed by atoms with E-state index in [4.69, 9.17) is 4.52 Å². The summed E-state index contributed by atoms with van der Waals surface area (Å²) >= 11 is 1.51. The van der Waals surface area contributed by atoms with Gasteiger partial charge in [0.2, 0.25) is 11.7 Å². The molecule has 0 aliphatic carbocycles. The standard InChI is InChI=1S/C16H20N2O3S/c1-10(13-7-6-8-22-13)18(11(2)19)15(20)12-9-14(17-21-12)16(3,4)5/h6-10H,1-5H3/t10-/m1/s1. The molecule has 2 aromatic heterocycles. The maximum atomic E-state index is 12.6. The van der Waals surface area contributed by atoms with Gasteiger partial charge in [0.25, 0.3) is 5.91 Å². The molecule has 0 saturated heterocycles. The molecule has 2 heterocycles. The van der Waals surface area contributed by atoms with Gasteiger partial charge in [0.15, 0.2) is 0 Å². The Morgan fingerprint density at radius 2 is 2.05 bits per heavy atom. The molecule has 0 spiro atoms. The van der Waals surface area contributed by atoms with Crippen LogP contribution in [0, 0.1) is 0 Å². The second-order valence-electron chi connectivity index (χ2n) is 6.21. The van der Waals surface area contributed by atoms with E-state index < -0.39 is 5.91 Å². The predicted octanol–water partition coefficient (Wildman–Crippen LogP) is 3.78. The quantitative estimate of drug-likeness (QED) is 0.863. The minimum atomic E-state index is -0.462. The first-order valence-electron chi connectivity index (χ1n) is 7.06. The zero-order chi connectivity index (χ0) is 16.5. The third kappa shape index (κ3) is 3.27. The number of hydrogen-bond donors (Lipinski definition) is 0. The van der Waals surface area contributed by atoms with E-state index in [0.717, 1.165) is 4.88 Å². The largest absolute Gasteiger partial charge is 0.351 e. The van der Waals surface area contributed by atoms with Crippen molar-refractivity contribution in [2.24, 2.45) is 0 Å². The van der Waals surface area contributed by atoms with Crippen molar-refractivity contribution in [3.05, 3.63) is 39.9 Å². The van der Waals surface area contributed by atoms with Crippen LogP contribution in [0.5, 0.6) is 0 Å². The Morgan fingerprint density at radius 3 is 2.50 bits per heavy atom. The Bertz CT molecular complexity index is 668. The summed E-state index contributed by atoms with van der Waals surface area (Å²) in [5, 5.41) is 5.86. The third-order valence-corrected chi connectivity index (χ3v) is 4.43. The van der Waals surface area contributed by atoms with Crippen LogP contribution in [0.1, 0.15) is 61.8 Å². The average Bonchev–Trinajstić information content (AvgIpc) is 3.09. The molecule has 0 aliphatic heterocycles. The van der Waals surface area contributed by atoms with Crippen LogP contribution in [-0.2, 0) is 10.2 Å². The monoisotopic (exact) mass is 320 g/mol. The number of thiophene rings is 1. The molecule has 1 atom stereocenters. The first kappa shape index (κ1) is 16.4. The van der Waals surface area contributed by atoms with Gasteiger partial charge in [-0.05, 0) is 18.4 Å². The Kier molecular flexibility index (Phi) is 4.51. The Morgan fingerprint density at radius 1 is 1.36 bits per heavy atom. The molecule has 0 fully saturated rings. The maximum Gasteiger partial charge on any atom is 0.299 e. The highest BCUT2D eigenvalue weighted by atomic mass is 32.1. The van der Waals surface area contributed by atoms with Gasteiger partial charge < -0.3 is 4.52 Å². The number of carbonyl (C=O) groups is 2. The van der Waals surface area contributed by atoms with Gasteiger partial charge in [0, 0.05) is 23.3 Å². The second kappa shape index (κ2) is 6.04. The molecule has 0 aromatic carbocycles. The summed E-state index contributed by atoms with van der Waals surface area (Å²) in [5.74, 6) is -0.695. The molecule has 0 aliphatic rings. The number of nitrogens with zero attached hydrogens (tertiary/aromatic N) is 2. The van der Waals surface area contributed by atoms with Crippen LogP contribution in [0.15, 0.2) is 28.1 Å². The number of amides is 2. The summed E-state index contributed by atoms with van der Waals surface area (Å²) in [4.78, 5) is 26.7. The van der Waals surface area contributed by atoms with Crippen molar-refractivity contribution in [1.29, 1.82) is 0 Å². The third-order valence-electron chi connectivity index (χ3n) is 3.39. The molecule has 5 nitrogen and oxygen atoms in total. The summed E-state index contributed by atoms with van der Waals surface area (Å²) in [6, 6.07) is 5.07. The molecule has 22 heavy (non-hydrogen) atoms. The number of rotatable bonds is 3. The molecular formula is C16H20N2O3S. The van der Waals surface area contributed by atoms with E-state index in [-0.39, 0.29) is 23.1 Å². The van der Waals surface area contributed by atoms with Crippen molar-refractivity contribution < 1.29 is 14.1 Å². The fraction of sp³-hybridized carbons (Fsp3) is 0.438. The van der Waals surface area contributed by atoms with Gasteiger partial charge in [-0.25, -0.2) is 0 Å². The Labute approximate surface area is 133 Å². The fourth-order valence-electron chi connectivity index (χ4n) is 2.10. The van der Waals surface area contributed by atoms with Gasteiger partial charge >= 0.3 is 0 Å². The van der Waals surface area contributed by atoms with Gasteiger partial charge in [-0.2, -0.15) is 0 Å². The van der Waals surface area contributed by atoms with Crippen molar-refractivity contribution in [3.63, 3.8) is 0 Å². The summed E-state index contributed by atoms with van der Waals surface area (Å²) in [6.45, 7) is 9.15. The first-order chi connectivity index (χ1) is 10.2. The highest BCUT2D eigenvalue weighted by Crippen LogP contribution is 2.28. The van der Waals surface area contributed by atoms with E-state index >= 15 is 0 Å². The van der Waals surface area contributed by atoms with Gasteiger partial charge in [0.05, 0.1) is 11.7 Å². The zero-order valence-corrected chi connectivity index (χ0v) is 14.2. The highest BCUT2D eigenvalue weighted by Gasteiger charge is 2.31. The van der Waals surface area contributed by atoms with Crippen molar-refractivity contribution in [2.75, 3.05) is 0 Å². The van der Waals surface area contributed by atoms with Crippen LogP contribution in [-0.4, -0.2) is 21.9 Å². The highest BCUT2D eigenvalue weighted by molar-refractivity contribution is 7.10. The molecule has 6 heteroatoms. The summed E-state index contributed by atoms with van der Waals surface area (Å²) in [5.41, 5.74) is 0.464. The first-order valence-corrected chi connectivity index (χ1v) is 7.94. The van der Waals surface area contributed by atoms with Crippen molar-refractivity contribution in [3.8, 4) is 0 Å². The average molecular weight is 320 g/mol. The molecular weight excluding hydrogens is 300 g/mol. The molecule has 0 unspecified atom stereocenters. The van der Waals surface area contributed by atoms with Gasteiger partial charge in [-0.15, -0.1) is 11.3 Å². The van der Waals surface area contributed by atoms with E-state index in [2.05, 4.69) is 5.16 Å². The number of carbonyl (C=O) groups excluding carboxylic acids is 2. The summed E-state index contributed by atoms with van der Waals surface area (Å²) in [6.07, 6.45) is 0. The second-order valence-corrected chi connectivity index (χ2v) is 7.19. The predicted molar refractivity (Wildman–Crippen MR) is 84.8 cm³/mol. The van der Waals surface area contributed by atoms with Gasteiger partial charge in [0.1, 0.15) is 0 Å². The van der Waals surface area contributed by atoms with Crippen molar-refractivity contribution >= 4 is 23.2 Å². The normalized spacial score (nSPS) is 13.0. The molecule has 0 bridgehead atoms. The molecule has 0 N–H and O–H groups in total. The lowest BCUT2D eigenvalue weighted by Crippen LogP contribution is -2.37. The van der Waals surface area contributed by atoms with Crippen LogP contribution in [0.4, 0.5) is 0 Å². The van der Waals surface area contributed by atoms with Crippen LogP contribution in [0.3, 0.4) is 0 Å². The molecule has 0 saturated carbocycles. The zero-order valence-electron chi connectivity index (χ0n) is 13.4. The van der Waals surface area contributed by atoms with E-state index in [0.29, 0.717) is 5.69 Å². The number of hydrogen-bond acceptors (Lipinski definition) is 5. The lowest BCUT2D eigenvalue weighted by molar-refractivity contribution is -0.128. The van der Waals surface area contributed by atoms with Gasteiger partial charge in [-0.3, -0.25) is 14.5 Å². The topological polar surface area (TPSA) is 63.4 Å². The fourth-order valence-corrected chi connectivity index (χ4v) is 2.87. The van der Waals surface area contributed by atoms with Crippen LogP contribution in [0.25, 0.3) is 0 Å².